The summed E-state index contributed by atoms with van der Waals surface area (Å²) in [4.78, 5) is 0. The predicted octanol–water partition coefficient (Wildman–Crippen LogP) is 3.05. The van der Waals surface area contributed by atoms with E-state index in [-0.39, 0.29) is 0 Å². The minimum absolute atomic E-state index is 0.674. The fourth-order valence-corrected chi connectivity index (χ4v) is 2.42. The molecule has 2 heteroatoms. The Morgan fingerprint density at radius 2 is 2.23 bits per heavy atom. The van der Waals surface area contributed by atoms with E-state index in [9.17, 15) is 0 Å². The minimum Gasteiger partial charge on any atom is -0.282 e. The Hall–Kier alpha value is -0.790. The highest BCUT2D eigenvalue weighted by atomic mass is 15.1. The number of rotatable bonds is 1. The van der Waals surface area contributed by atoms with Gasteiger partial charge in [0.1, 0.15) is 0 Å². The second-order valence-corrected chi connectivity index (χ2v) is 4.57. The van der Waals surface area contributed by atoms with E-state index in [2.05, 4.69) is 31.0 Å². The summed E-state index contributed by atoms with van der Waals surface area (Å²) >= 11 is 0. The molecule has 2 atom stereocenters. The molecule has 0 saturated heterocycles. The van der Waals surface area contributed by atoms with Gasteiger partial charge in [0.25, 0.3) is 0 Å². The van der Waals surface area contributed by atoms with E-state index in [4.69, 9.17) is 0 Å². The Labute approximate surface area is 79.7 Å². The van der Waals surface area contributed by atoms with Crippen molar-refractivity contribution < 1.29 is 0 Å². The quantitative estimate of drug-likeness (QED) is 0.703. The number of nitrogens with zero attached hydrogens (tertiary/aromatic N) is 1. The van der Waals surface area contributed by atoms with Crippen LogP contribution in [0.5, 0.6) is 0 Å². The van der Waals surface area contributed by atoms with Crippen LogP contribution in [0.2, 0.25) is 0 Å². The molecule has 2 rings (SSSR count). The van der Waals surface area contributed by atoms with Gasteiger partial charge in [-0.15, -0.1) is 0 Å². The molecule has 0 aromatic carbocycles. The van der Waals surface area contributed by atoms with Crippen LogP contribution in [0.25, 0.3) is 0 Å². The average molecular weight is 178 g/mol. The molecule has 0 saturated carbocycles. The molecule has 1 heterocycles. The van der Waals surface area contributed by atoms with Crippen LogP contribution in [0.1, 0.15) is 56.7 Å². The maximum absolute atomic E-state index is 4.16. The number of hydrogen-bond acceptors (Lipinski definition) is 1. The Kier molecular flexibility index (Phi) is 2.14. The lowest BCUT2D eigenvalue weighted by atomic mass is 9.76. The van der Waals surface area contributed by atoms with Gasteiger partial charge in [-0.2, -0.15) is 5.10 Å². The molecule has 0 unspecified atom stereocenters. The van der Waals surface area contributed by atoms with Gasteiger partial charge in [0.05, 0.1) is 6.20 Å². The highest BCUT2D eigenvalue weighted by Gasteiger charge is 2.28. The molecule has 0 radical (unpaired) electrons. The highest BCUT2D eigenvalue weighted by molar-refractivity contribution is 5.27. The molecule has 0 fully saturated rings. The second kappa shape index (κ2) is 3.17. The molecular weight excluding hydrogens is 160 g/mol. The second-order valence-electron chi connectivity index (χ2n) is 4.57. The van der Waals surface area contributed by atoms with Crippen molar-refractivity contribution in [3.8, 4) is 0 Å². The zero-order chi connectivity index (χ0) is 9.42. The molecule has 1 N–H and O–H groups in total. The summed E-state index contributed by atoms with van der Waals surface area (Å²) in [6.45, 7) is 6.89. The Balaban J connectivity index is 2.35. The van der Waals surface area contributed by atoms with Crippen molar-refractivity contribution in [2.45, 2.75) is 45.4 Å². The summed E-state index contributed by atoms with van der Waals surface area (Å²) in [5.41, 5.74) is 2.85. The summed E-state index contributed by atoms with van der Waals surface area (Å²) in [6, 6.07) is 0. The van der Waals surface area contributed by atoms with E-state index in [1.165, 1.54) is 24.1 Å². The van der Waals surface area contributed by atoms with Gasteiger partial charge in [0.2, 0.25) is 0 Å². The predicted molar refractivity (Wildman–Crippen MR) is 53.8 cm³/mol. The van der Waals surface area contributed by atoms with Gasteiger partial charge in [-0.1, -0.05) is 20.8 Å². The first-order valence-corrected chi connectivity index (χ1v) is 5.23. The molecule has 1 aliphatic carbocycles. The molecule has 0 spiro atoms. The first kappa shape index (κ1) is 8.79. The lowest BCUT2D eigenvalue weighted by molar-refractivity contribution is 0.408. The third-order valence-electron chi connectivity index (χ3n) is 3.31. The summed E-state index contributed by atoms with van der Waals surface area (Å²) in [7, 11) is 0. The Bertz CT molecular complexity index is 288. The molecular formula is C11H18N2. The minimum atomic E-state index is 0.674. The third-order valence-corrected chi connectivity index (χ3v) is 3.31. The van der Waals surface area contributed by atoms with Crippen molar-refractivity contribution in [1.29, 1.82) is 0 Å². The summed E-state index contributed by atoms with van der Waals surface area (Å²) in [5.74, 6) is 2.14. The zero-order valence-electron chi connectivity index (χ0n) is 8.67. The lowest BCUT2D eigenvalue weighted by Crippen LogP contribution is -2.15. The van der Waals surface area contributed by atoms with E-state index >= 15 is 0 Å². The van der Waals surface area contributed by atoms with Gasteiger partial charge in [0, 0.05) is 5.69 Å². The number of H-pyrrole nitrogens is 1. The van der Waals surface area contributed by atoms with Crippen LogP contribution in [-0.4, -0.2) is 10.2 Å². The van der Waals surface area contributed by atoms with E-state index in [1.807, 2.05) is 6.20 Å². The Morgan fingerprint density at radius 1 is 1.46 bits per heavy atom. The molecule has 0 bridgehead atoms. The number of fused-ring (bicyclic) bond motifs is 1. The van der Waals surface area contributed by atoms with Gasteiger partial charge < -0.3 is 0 Å². The number of nitrogens with one attached hydrogen (secondary N) is 1. The van der Waals surface area contributed by atoms with Gasteiger partial charge >= 0.3 is 0 Å². The molecule has 2 nitrogen and oxygen atoms in total. The largest absolute Gasteiger partial charge is 0.282 e. The molecule has 13 heavy (non-hydrogen) atoms. The molecule has 1 aliphatic rings. The van der Waals surface area contributed by atoms with E-state index < -0.39 is 0 Å². The van der Waals surface area contributed by atoms with Gasteiger partial charge in [-0.05, 0) is 36.2 Å². The molecule has 1 aromatic rings. The van der Waals surface area contributed by atoms with Crippen LogP contribution in [0.4, 0.5) is 0 Å². The van der Waals surface area contributed by atoms with E-state index in [0.717, 1.165) is 11.8 Å². The van der Waals surface area contributed by atoms with Crippen LogP contribution < -0.4 is 0 Å². The molecule has 0 amide bonds. The zero-order valence-corrected chi connectivity index (χ0v) is 8.67. The maximum atomic E-state index is 4.16. The number of hydrogen-bond donors (Lipinski definition) is 1. The summed E-state index contributed by atoms with van der Waals surface area (Å²) in [5, 5.41) is 7.30. The van der Waals surface area contributed by atoms with Crippen molar-refractivity contribution in [2.75, 3.05) is 0 Å². The Morgan fingerprint density at radius 3 is 2.92 bits per heavy atom. The fraction of sp³-hybridized carbons (Fsp3) is 0.727. The highest BCUT2D eigenvalue weighted by Crippen LogP contribution is 2.40. The molecule has 1 aromatic heterocycles. The van der Waals surface area contributed by atoms with Crippen LogP contribution in [0.15, 0.2) is 6.20 Å². The normalized spacial score (nSPS) is 27.7. The van der Waals surface area contributed by atoms with Crippen LogP contribution in [0.3, 0.4) is 0 Å². The third kappa shape index (κ3) is 1.38. The van der Waals surface area contributed by atoms with Crippen molar-refractivity contribution in [3.63, 3.8) is 0 Å². The van der Waals surface area contributed by atoms with Crippen molar-refractivity contribution in [1.82, 2.24) is 10.2 Å². The van der Waals surface area contributed by atoms with Crippen LogP contribution >= 0.6 is 0 Å². The van der Waals surface area contributed by atoms with Crippen molar-refractivity contribution >= 4 is 0 Å². The van der Waals surface area contributed by atoms with Crippen molar-refractivity contribution in [3.05, 3.63) is 17.5 Å². The van der Waals surface area contributed by atoms with Crippen LogP contribution in [0, 0.1) is 5.92 Å². The smallest absolute Gasteiger partial charge is 0.0525 e. The fourth-order valence-electron chi connectivity index (χ4n) is 2.42. The summed E-state index contributed by atoms with van der Waals surface area (Å²) < 4.78 is 0. The van der Waals surface area contributed by atoms with Gasteiger partial charge in [-0.25, -0.2) is 0 Å². The number of aromatic amines is 1. The topological polar surface area (TPSA) is 28.7 Å². The maximum Gasteiger partial charge on any atom is 0.0525 e. The standard InChI is InChI=1S/C11H18N2/c1-7(2)9-5-4-8(3)11-10(9)6-12-13-11/h6-9H,4-5H2,1-3H3,(H,12,13)/t8-,9-/m1/s1. The lowest BCUT2D eigenvalue weighted by Gasteiger charge is -2.28. The van der Waals surface area contributed by atoms with E-state index in [1.54, 1.807) is 0 Å². The number of aromatic nitrogens is 2. The van der Waals surface area contributed by atoms with Crippen molar-refractivity contribution in [2.24, 2.45) is 5.92 Å². The van der Waals surface area contributed by atoms with E-state index in [0.29, 0.717) is 5.92 Å². The summed E-state index contributed by atoms with van der Waals surface area (Å²) in [6.07, 6.45) is 4.65. The first-order chi connectivity index (χ1) is 6.20. The SMILES string of the molecule is CC(C)[C@H]1CC[C@@H](C)c2[nH]ncc21. The monoisotopic (exact) mass is 178 g/mol. The van der Waals surface area contributed by atoms with Crippen LogP contribution in [-0.2, 0) is 0 Å². The average Bonchev–Trinajstić information content (AvgIpc) is 2.53. The van der Waals surface area contributed by atoms with Gasteiger partial charge in [-0.3, -0.25) is 5.10 Å². The molecule has 0 aliphatic heterocycles. The van der Waals surface area contributed by atoms with Gasteiger partial charge in [0.15, 0.2) is 0 Å². The first-order valence-electron chi connectivity index (χ1n) is 5.23. The molecule has 72 valence electrons.